The van der Waals surface area contributed by atoms with Crippen molar-refractivity contribution >= 4 is 45.7 Å². The maximum atomic E-state index is 12.4. The molecule has 2 amide bonds. The van der Waals surface area contributed by atoms with E-state index in [9.17, 15) is 9.59 Å². The Balaban J connectivity index is 1.35. The lowest BCUT2D eigenvalue weighted by Crippen LogP contribution is -2.15. The van der Waals surface area contributed by atoms with Crippen LogP contribution in [0.3, 0.4) is 0 Å². The summed E-state index contributed by atoms with van der Waals surface area (Å²) in [5.41, 5.74) is 1.78. The van der Waals surface area contributed by atoms with Crippen LogP contribution < -0.4 is 20.1 Å². The van der Waals surface area contributed by atoms with Gasteiger partial charge < -0.3 is 14.8 Å². The summed E-state index contributed by atoms with van der Waals surface area (Å²) in [7, 11) is 0. The number of benzene rings is 2. The monoisotopic (exact) mass is 427 g/mol. The van der Waals surface area contributed by atoms with Gasteiger partial charge in [0.2, 0.25) is 12.7 Å². The zero-order valence-corrected chi connectivity index (χ0v) is 17.1. The number of nitrogens with one attached hydrogen (secondary N) is 2. The largest absolute Gasteiger partial charge is 0.454 e. The van der Waals surface area contributed by atoms with Gasteiger partial charge in [-0.05, 0) is 42.7 Å². The second-order valence-electron chi connectivity index (χ2n) is 6.12. The van der Waals surface area contributed by atoms with Crippen molar-refractivity contribution in [3.05, 3.63) is 59.1 Å². The fourth-order valence-electron chi connectivity index (χ4n) is 2.72. The highest BCUT2D eigenvalue weighted by Gasteiger charge is 2.17. The third-order valence-electron chi connectivity index (χ3n) is 4.10. The van der Waals surface area contributed by atoms with E-state index < -0.39 is 0 Å². The zero-order chi connectivity index (χ0) is 20.2. The standard InChI is InChI=1S/C20H17N3O4S2/c1-28-15-4-2-3-13(8-15)21-18(24)9-14-10-29-20(22-14)23-19(25)12-5-6-16-17(7-12)27-11-26-16/h2-8,10H,9,11H2,1H3,(H,21,24)(H,22,23,25). The summed E-state index contributed by atoms with van der Waals surface area (Å²) in [6.45, 7) is 0.153. The molecule has 3 aromatic rings. The Labute approximate surface area is 175 Å². The minimum atomic E-state index is -0.303. The van der Waals surface area contributed by atoms with Crippen molar-refractivity contribution in [2.75, 3.05) is 23.7 Å². The van der Waals surface area contributed by atoms with E-state index in [1.807, 2.05) is 30.5 Å². The molecule has 0 unspecified atom stereocenters. The summed E-state index contributed by atoms with van der Waals surface area (Å²) in [5.74, 6) is 0.691. The molecule has 4 rings (SSSR count). The summed E-state index contributed by atoms with van der Waals surface area (Å²) in [6.07, 6.45) is 2.11. The number of thioether (sulfide) groups is 1. The summed E-state index contributed by atoms with van der Waals surface area (Å²) >= 11 is 2.88. The Bertz CT molecular complexity index is 1070. The van der Waals surface area contributed by atoms with Crippen LogP contribution in [0, 0.1) is 0 Å². The zero-order valence-electron chi connectivity index (χ0n) is 15.4. The predicted octanol–water partition coefficient (Wildman–Crippen LogP) is 4.03. The molecule has 2 heterocycles. The van der Waals surface area contributed by atoms with Gasteiger partial charge in [0.1, 0.15) is 0 Å². The van der Waals surface area contributed by atoms with Crippen molar-refractivity contribution in [2.45, 2.75) is 11.3 Å². The minimum absolute atomic E-state index is 0.125. The topological polar surface area (TPSA) is 89.6 Å². The molecule has 0 atom stereocenters. The Morgan fingerprint density at radius 2 is 2.00 bits per heavy atom. The molecule has 0 saturated carbocycles. The van der Waals surface area contributed by atoms with Crippen molar-refractivity contribution < 1.29 is 19.1 Å². The number of hydrogen-bond acceptors (Lipinski definition) is 7. The molecule has 9 heteroatoms. The Kier molecular flexibility index (Phi) is 5.68. The van der Waals surface area contributed by atoms with Crippen molar-refractivity contribution in [3.63, 3.8) is 0 Å². The number of nitrogens with zero attached hydrogens (tertiary/aromatic N) is 1. The quantitative estimate of drug-likeness (QED) is 0.578. The van der Waals surface area contributed by atoms with Gasteiger partial charge in [0, 0.05) is 21.5 Å². The van der Waals surface area contributed by atoms with Gasteiger partial charge >= 0.3 is 0 Å². The predicted molar refractivity (Wildman–Crippen MR) is 113 cm³/mol. The third kappa shape index (κ3) is 4.69. The fraction of sp³-hybridized carbons (Fsp3) is 0.150. The number of hydrogen-bond donors (Lipinski definition) is 2. The van der Waals surface area contributed by atoms with E-state index in [-0.39, 0.29) is 25.0 Å². The molecule has 148 valence electrons. The minimum Gasteiger partial charge on any atom is -0.454 e. The second kappa shape index (κ2) is 8.54. The molecule has 2 aromatic carbocycles. The SMILES string of the molecule is CSc1cccc(NC(=O)Cc2csc(NC(=O)c3ccc4c(c3)OCO4)n2)c1. The van der Waals surface area contributed by atoms with E-state index in [0.29, 0.717) is 27.9 Å². The summed E-state index contributed by atoms with van der Waals surface area (Å²) < 4.78 is 10.5. The Hall–Kier alpha value is -3.04. The number of aromatic nitrogens is 1. The molecule has 7 nitrogen and oxygen atoms in total. The first-order valence-electron chi connectivity index (χ1n) is 8.70. The van der Waals surface area contributed by atoms with E-state index in [2.05, 4.69) is 15.6 Å². The van der Waals surface area contributed by atoms with E-state index >= 15 is 0 Å². The number of thiazole rings is 1. The van der Waals surface area contributed by atoms with Gasteiger partial charge in [0.25, 0.3) is 5.91 Å². The number of rotatable bonds is 6. The van der Waals surface area contributed by atoms with Crippen LogP contribution in [-0.2, 0) is 11.2 Å². The average Bonchev–Trinajstić information content (AvgIpc) is 3.36. The molecule has 0 spiro atoms. The lowest BCUT2D eigenvalue weighted by Gasteiger charge is -2.05. The molecule has 0 radical (unpaired) electrons. The second-order valence-corrected chi connectivity index (χ2v) is 7.86. The molecule has 1 aliphatic rings. The normalized spacial score (nSPS) is 11.9. The molecule has 0 fully saturated rings. The molecule has 29 heavy (non-hydrogen) atoms. The molecule has 0 saturated heterocycles. The number of ether oxygens (including phenoxy) is 2. The van der Waals surface area contributed by atoms with Crippen LogP contribution in [0.2, 0.25) is 0 Å². The lowest BCUT2D eigenvalue weighted by atomic mass is 10.2. The Morgan fingerprint density at radius 1 is 1.14 bits per heavy atom. The van der Waals surface area contributed by atoms with Gasteiger partial charge in [-0.2, -0.15) is 0 Å². The van der Waals surface area contributed by atoms with Crippen LogP contribution in [0.15, 0.2) is 52.7 Å². The third-order valence-corrected chi connectivity index (χ3v) is 5.63. The van der Waals surface area contributed by atoms with Crippen LogP contribution in [0.5, 0.6) is 11.5 Å². The van der Waals surface area contributed by atoms with Gasteiger partial charge in [-0.3, -0.25) is 14.9 Å². The van der Waals surface area contributed by atoms with Gasteiger partial charge in [0.05, 0.1) is 12.1 Å². The molecular weight excluding hydrogens is 410 g/mol. The maximum Gasteiger partial charge on any atom is 0.257 e. The number of anilines is 2. The molecule has 2 N–H and O–H groups in total. The number of carbonyl (C=O) groups is 2. The van der Waals surface area contributed by atoms with Gasteiger partial charge in [-0.1, -0.05) is 6.07 Å². The highest BCUT2D eigenvalue weighted by Crippen LogP contribution is 2.32. The lowest BCUT2D eigenvalue weighted by molar-refractivity contribution is -0.115. The first-order chi connectivity index (χ1) is 14.1. The van der Waals surface area contributed by atoms with Crippen LogP contribution in [0.25, 0.3) is 0 Å². The first kappa shape index (κ1) is 19.3. The molecule has 1 aliphatic heterocycles. The van der Waals surface area contributed by atoms with Gasteiger partial charge in [-0.25, -0.2) is 4.98 Å². The van der Waals surface area contributed by atoms with Crippen molar-refractivity contribution in [1.82, 2.24) is 4.98 Å². The smallest absolute Gasteiger partial charge is 0.257 e. The summed E-state index contributed by atoms with van der Waals surface area (Å²) in [6, 6.07) is 12.6. The molecule has 0 bridgehead atoms. The first-order valence-corrected chi connectivity index (χ1v) is 10.8. The molecule has 0 aliphatic carbocycles. The van der Waals surface area contributed by atoms with Crippen LogP contribution in [0.4, 0.5) is 10.8 Å². The van der Waals surface area contributed by atoms with E-state index in [0.717, 1.165) is 10.6 Å². The van der Waals surface area contributed by atoms with Gasteiger partial charge in [-0.15, -0.1) is 23.1 Å². The highest BCUT2D eigenvalue weighted by atomic mass is 32.2. The van der Waals surface area contributed by atoms with E-state index in [1.54, 1.807) is 35.3 Å². The summed E-state index contributed by atoms with van der Waals surface area (Å²) in [5, 5.41) is 7.80. The average molecular weight is 428 g/mol. The van der Waals surface area contributed by atoms with Crippen LogP contribution in [-0.4, -0.2) is 29.8 Å². The Morgan fingerprint density at radius 3 is 2.86 bits per heavy atom. The summed E-state index contributed by atoms with van der Waals surface area (Å²) in [4.78, 5) is 30.1. The number of amides is 2. The molecule has 1 aromatic heterocycles. The number of carbonyl (C=O) groups excluding carboxylic acids is 2. The van der Waals surface area contributed by atoms with E-state index in [4.69, 9.17) is 9.47 Å². The molecular formula is C20H17N3O4S2. The fourth-order valence-corrected chi connectivity index (χ4v) is 3.89. The van der Waals surface area contributed by atoms with E-state index in [1.165, 1.54) is 11.3 Å². The van der Waals surface area contributed by atoms with Gasteiger partial charge in [0.15, 0.2) is 16.6 Å². The van der Waals surface area contributed by atoms with Crippen LogP contribution in [0.1, 0.15) is 16.1 Å². The van der Waals surface area contributed by atoms with Crippen LogP contribution >= 0.6 is 23.1 Å². The van der Waals surface area contributed by atoms with Crippen molar-refractivity contribution in [3.8, 4) is 11.5 Å². The maximum absolute atomic E-state index is 12.4. The number of fused-ring (bicyclic) bond motifs is 1. The van der Waals surface area contributed by atoms with Crippen molar-refractivity contribution in [1.29, 1.82) is 0 Å². The highest BCUT2D eigenvalue weighted by molar-refractivity contribution is 7.98. The van der Waals surface area contributed by atoms with Crippen molar-refractivity contribution in [2.24, 2.45) is 0 Å².